The summed E-state index contributed by atoms with van der Waals surface area (Å²) < 4.78 is 11.5. The van der Waals surface area contributed by atoms with Gasteiger partial charge in [0.2, 0.25) is 5.88 Å². The molecule has 1 aliphatic heterocycles. The Kier molecular flexibility index (Phi) is 5.33. The number of nitrogens with zero attached hydrogens (tertiary/aromatic N) is 1. The maximum absolute atomic E-state index is 9.62. The van der Waals surface area contributed by atoms with Gasteiger partial charge in [-0.05, 0) is 30.2 Å². The third-order valence-electron chi connectivity index (χ3n) is 4.45. The van der Waals surface area contributed by atoms with Crippen LogP contribution in [0, 0.1) is 11.3 Å². The molecule has 1 heterocycles. The maximum atomic E-state index is 9.62. The molecule has 0 saturated carbocycles. The highest BCUT2D eigenvalue weighted by Gasteiger charge is 2.30. The topological polar surface area (TPSA) is 94.3 Å². The van der Waals surface area contributed by atoms with Crippen LogP contribution in [0.1, 0.15) is 43.2 Å². The summed E-state index contributed by atoms with van der Waals surface area (Å²) >= 11 is 0. The summed E-state index contributed by atoms with van der Waals surface area (Å²) in [5.74, 6) is 1.19. The van der Waals surface area contributed by atoms with E-state index >= 15 is 0 Å². The minimum absolute atomic E-state index is 0.116. The van der Waals surface area contributed by atoms with Crippen LogP contribution in [0.4, 0.5) is 5.69 Å². The fourth-order valence-corrected chi connectivity index (χ4v) is 3.14. The van der Waals surface area contributed by atoms with Gasteiger partial charge in [-0.1, -0.05) is 38.0 Å². The Morgan fingerprint density at radius 3 is 2.77 bits per heavy atom. The third kappa shape index (κ3) is 3.60. The number of anilines is 1. The molecule has 0 saturated heterocycles. The van der Waals surface area contributed by atoms with Gasteiger partial charge in [-0.3, -0.25) is 0 Å². The summed E-state index contributed by atoms with van der Waals surface area (Å²) in [4.78, 5) is 0. The first-order valence-electron chi connectivity index (χ1n) is 8.83. The number of benzene rings is 2. The van der Waals surface area contributed by atoms with Gasteiger partial charge in [-0.25, -0.2) is 0 Å². The van der Waals surface area contributed by atoms with E-state index in [1.165, 1.54) is 0 Å². The van der Waals surface area contributed by atoms with E-state index in [0.29, 0.717) is 23.6 Å². The first-order chi connectivity index (χ1) is 12.6. The molecule has 0 spiro atoms. The van der Waals surface area contributed by atoms with Crippen molar-refractivity contribution in [2.75, 3.05) is 12.3 Å². The summed E-state index contributed by atoms with van der Waals surface area (Å²) in [5.41, 5.74) is 14.6. The second-order valence-electron chi connectivity index (χ2n) is 6.35. The molecule has 0 fully saturated rings. The van der Waals surface area contributed by atoms with Crippen LogP contribution in [0.3, 0.4) is 0 Å². The average Bonchev–Trinajstić information content (AvgIpc) is 2.64. The second-order valence-corrected chi connectivity index (χ2v) is 6.35. The largest absolute Gasteiger partial charge is 0.494 e. The van der Waals surface area contributed by atoms with E-state index < -0.39 is 0 Å². The van der Waals surface area contributed by atoms with Crippen LogP contribution < -0.4 is 20.9 Å². The van der Waals surface area contributed by atoms with Gasteiger partial charge in [-0.15, -0.1) is 0 Å². The molecule has 5 heteroatoms. The quantitative estimate of drug-likeness (QED) is 0.606. The lowest BCUT2D eigenvalue weighted by atomic mass is 9.83. The van der Waals surface area contributed by atoms with E-state index in [1.807, 2.05) is 30.3 Å². The number of rotatable bonds is 6. The number of nitriles is 1. The van der Waals surface area contributed by atoms with Gasteiger partial charge >= 0.3 is 0 Å². The number of allylic oxidation sites excluding steroid dienone is 1. The van der Waals surface area contributed by atoms with Crippen LogP contribution in [0.25, 0.3) is 0 Å². The zero-order valence-corrected chi connectivity index (χ0v) is 14.9. The fourth-order valence-electron chi connectivity index (χ4n) is 3.14. The molecular formula is C21H23N3O2. The molecule has 1 unspecified atom stereocenters. The number of hydrogen-bond donors (Lipinski definition) is 2. The second kappa shape index (κ2) is 7.83. The molecule has 1 atom stereocenters. The van der Waals surface area contributed by atoms with Crippen molar-refractivity contribution in [1.29, 1.82) is 5.26 Å². The van der Waals surface area contributed by atoms with Gasteiger partial charge in [-0.2, -0.15) is 5.26 Å². The van der Waals surface area contributed by atoms with E-state index in [2.05, 4.69) is 13.0 Å². The lowest BCUT2D eigenvalue weighted by Crippen LogP contribution is -2.21. The smallest absolute Gasteiger partial charge is 0.205 e. The van der Waals surface area contributed by atoms with Gasteiger partial charge in [0, 0.05) is 17.3 Å². The van der Waals surface area contributed by atoms with Gasteiger partial charge in [0.1, 0.15) is 23.1 Å². The van der Waals surface area contributed by atoms with Crippen LogP contribution in [0.15, 0.2) is 53.9 Å². The van der Waals surface area contributed by atoms with Crippen molar-refractivity contribution in [3.63, 3.8) is 0 Å². The third-order valence-corrected chi connectivity index (χ3v) is 4.45. The normalized spacial score (nSPS) is 15.8. The Bertz CT molecular complexity index is 868. The van der Waals surface area contributed by atoms with Crippen molar-refractivity contribution in [2.45, 2.75) is 32.1 Å². The molecule has 0 bridgehead atoms. The van der Waals surface area contributed by atoms with Crippen molar-refractivity contribution in [1.82, 2.24) is 0 Å². The molecule has 3 rings (SSSR count). The summed E-state index contributed by atoms with van der Waals surface area (Å²) in [5, 5.41) is 9.62. The monoisotopic (exact) mass is 349 g/mol. The van der Waals surface area contributed by atoms with E-state index in [0.717, 1.165) is 36.1 Å². The molecule has 4 N–H and O–H groups in total. The molecule has 5 nitrogen and oxygen atoms in total. The van der Waals surface area contributed by atoms with Crippen molar-refractivity contribution in [2.24, 2.45) is 5.73 Å². The molecule has 2 aromatic carbocycles. The predicted octanol–water partition coefficient (Wildman–Crippen LogP) is 4.06. The molecule has 0 aromatic heterocycles. The van der Waals surface area contributed by atoms with Crippen LogP contribution in [0.5, 0.6) is 11.5 Å². The van der Waals surface area contributed by atoms with Crippen molar-refractivity contribution in [3.8, 4) is 17.6 Å². The molecule has 0 aliphatic carbocycles. The van der Waals surface area contributed by atoms with Crippen LogP contribution in [0.2, 0.25) is 0 Å². The number of ether oxygens (including phenoxy) is 2. The van der Waals surface area contributed by atoms with Crippen LogP contribution in [-0.4, -0.2) is 6.61 Å². The van der Waals surface area contributed by atoms with E-state index in [1.54, 1.807) is 12.1 Å². The fraction of sp³-hybridized carbons (Fsp3) is 0.286. The van der Waals surface area contributed by atoms with Crippen molar-refractivity contribution < 1.29 is 9.47 Å². The molecule has 1 aliphatic rings. The first-order valence-corrected chi connectivity index (χ1v) is 8.83. The van der Waals surface area contributed by atoms with Gasteiger partial charge in [0.25, 0.3) is 0 Å². The number of fused-ring (bicyclic) bond motifs is 1. The summed E-state index contributed by atoms with van der Waals surface area (Å²) in [6.07, 6.45) is 3.32. The summed E-state index contributed by atoms with van der Waals surface area (Å²) in [6, 6.07) is 15.4. The highest BCUT2D eigenvalue weighted by Crippen LogP contribution is 2.43. The van der Waals surface area contributed by atoms with Crippen molar-refractivity contribution in [3.05, 3.63) is 65.0 Å². The summed E-state index contributed by atoms with van der Waals surface area (Å²) in [7, 11) is 0. The molecule has 134 valence electrons. The lowest BCUT2D eigenvalue weighted by Gasteiger charge is -2.26. The Labute approximate surface area is 153 Å². The number of hydrogen-bond acceptors (Lipinski definition) is 5. The number of nitrogens with two attached hydrogens (primary N) is 2. The van der Waals surface area contributed by atoms with Crippen molar-refractivity contribution >= 4 is 5.69 Å². The summed E-state index contributed by atoms with van der Waals surface area (Å²) in [6.45, 7) is 2.84. The van der Waals surface area contributed by atoms with E-state index in [4.69, 9.17) is 20.9 Å². The van der Waals surface area contributed by atoms with Gasteiger partial charge in [0.05, 0.1) is 12.5 Å². The average molecular weight is 349 g/mol. The zero-order valence-electron chi connectivity index (χ0n) is 14.9. The molecule has 0 radical (unpaired) electrons. The first kappa shape index (κ1) is 17.7. The molecule has 26 heavy (non-hydrogen) atoms. The highest BCUT2D eigenvalue weighted by atomic mass is 16.5. The zero-order chi connectivity index (χ0) is 18.5. The van der Waals surface area contributed by atoms with E-state index in [9.17, 15) is 5.26 Å². The van der Waals surface area contributed by atoms with Gasteiger partial charge < -0.3 is 20.9 Å². The standard InChI is InChI=1S/C21H23N3O2/c1-2-3-4-10-25-16-7-5-6-14(11-16)20-17-9-8-15(23)12-19(17)26-21(24)18(20)13-22/h5-9,11-12,20H,2-4,10,23-24H2,1H3. The Hall–Kier alpha value is -3.13. The minimum Gasteiger partial charge on any atom is -0.494 e. The number of nitrogen functional groups attached to an aromatic ring is 1. The van der Waals surface area contributed by atoms with Crippen LogP contribution in [-0.2, 0) is 0 Å². The molecule has 2 aromatic rings. The van der Waals surface area contributed by atoms with Crippen LogP contribution >= 0.6 is 0 Å². The predicted molar refractivity (Wildman–Crippen MR) is 102 cm³/mol. The van der Waals surface area contributed by atoms with E-state index in [-0.39, 0.29) is 11.8 Å². The Morgan fingerprint density at radius 2 is 2.00 bits per heavy atom. The Morgan fingerprint density at radius 1 is 1.15 bits per heavy atom. The van der Waals surface area contributed by atoms with Gasteiger partial charge in [0.15, 0.2) is 0 Å². The Balaban J connectivity index is 1.96. The lowest BCUT2D eigenvalue weighted by molar-refractivity contribution is 0.306. The maximum Gasteiger partial charge on any atom is 0.205 e. The minimum atomic E-state index is -0.302. The molecule has 0 amide bonds. The number of unbranched alkanes of at least 4 members (excludes halogenated alkanes) is 2. The molecular weight excluding hydrogens is 326 g/mol. The highest BCUT2D eigenvalue weighted by molar-refractivity contribution is 5.59. The SMILES string of the molecule is CCCCCOc1cccc(C2C(C#N)=C(N)Oc3cc(N)ccc32)c1.